The maximum Gasteiger partial charge on any atom is 0.240 e. The maximum absolute atomic E-state index is 12.6. The van der Waals surface area contributed by atoms with Crippen molar-refractivity contribution in [1.29, 1.82) is 0 Å². The van der Waals surface area contributed by atoms with Crippen LogP contribution in [0.2, 0.25) is 0 Å². The average Bonchev–Trinajstić information content (AvgIpc) is 2.74. The van der Waals surface area contributed by atoms with Gasteiger partial charge in [-0.3, -0.25) is 9.69 Å². The molecule has 18 heavy (non-hydrogen) atoms. The number of nitrogens with one attached hydrogen (secondary N) is 1. The molecule has 1 N–H and O–H groups in total. The monoisotopic (exact) mass is 252 g/mol. The van der Waals surface area contributed by atoms with Gasteiger partial charge in [-0.2, -0.15) is 0 Å². The Labute approximate surface area is 111 Å². The number of amides is 1. The highest BCUT2D eigenvalue weighted by Crippen LogP contribution is 2.30. The summed E-state index contributed by atoms with van der Waals surface area (Å²) in [7, 11) is 0. The molecular weight excluding hydrogens is 224 g/mol. The first-order valence-corrected chi connectivity index (χ1v) is 7.73. The maximum atomic E-state index is 12.6. The molecule has 0 aromatic heterocycles. The Balaban J connectivity index is 1.93. The first kappa shape index (κ1) is 13.9. The fourth-order valence-electron chi connectivity index (χ4n) is 3.49. The third kappa shape index (κ3) is 2.87. The van der Waals surface area contributed by atoms with Crippen LogP contribution in [0.15, 0.2) is 0 Å². The second-order valence-corrected chi connectivity index (χ2v) is 6.17. The average molecular weight is 252 g/mol. The van der Waals surface area contributed by atoms with E-state index in [2.05, 4.69) is 24.1 Å². The third-order valence-corrected chi connectivity index (χ3v) is 4.71. The van der Waals surface area contributed by atoms with Crippen LogP contribution in [-0.2, 0) is 4.79 Å². The van der Waals surface area contributed by atoms with Gasteiger partial charge in [0.25, 0.3) is 0 Å². The van der Waals surface area contributed by atoms with Crippen LogP contribution in [0.5, 0.6) is 0 Å². The van der Waals surface area contributed by atoms with Gasteiger partial charge in [-0.25, -0.2) is 0 Å². The second-order valence-electron chi connectivity index (χ2n) is 6.17. The summed E-state index contributed by atoms with van der Waals surface area (Å²) in [5.74, 6) is 0.278. The minimum absolute atomic E-state index is 0.243. The zero-order chi connectivity index (χ0) is 13.0. The van der Waals surface area contributed by atoms with E-state index in [1.807, 2.05) is 0 Å². The highest BCUT2D eigenvalue weighted by atomic mass is 16.2. The molecule has 0 aromatic rings. The van der Waals surface area contributed by atoms with Gasteiger partial charge in [-0.1, -0.05) is 26.2 Å². The number of carbonyl (C=O) groups excluding carboxylic acids is 1. The second kappa shape index (κ2) is 6.05. The van der Waals surface area contributed by atoms with Crippen molar-refractivity contribution in [1.82, 2.24) is 10.2 Å². The first-order valence-electron chi connectivity index (χ1n) is 7.73. The van der Waals surface area contributed by atoms with Crippen LogP contribution in [0.3, 0.4) is 0 Å². The number of nitrogens with zero attached hydrogens (tertiary/aromatic N) is 1. The molecule has 2 aliphatic rings. The molecule has 2 rings (SSSR count). The molecule has 1 saturated heterocycles. The summed E-state index contributed by atoms with van der Waals surface area (Å²) < 4.78 is 0. The van der Waals surface area contributed by atoms with Crippen LogP contribution < -0.4 is 5.32 Å². The molecule has 2 fully saturated rings. The number of rotatable bonds is 4. The summed E-state index contributed by atoms with van der Waals surface area (Å²) in [5.41, 5.74) is -0.243. The lowest BCUT2D eigenvalue weighted by molar-refractivity contribution is -0.132. The van der Waals surface area contributed by atoms with Crippen molar-refractivity contribution >= 4 is 5.91 Å². The molecule has 0 spiro atoms. The Morgan fingerprint density at radius 1 is 1.28 bits per heavy atom. The lowest BCUT2D eigenvalue weighted by Crippen LogP contribution is -2.55. The Morgan fingerprint density at radius 2 is 2.00 bits per heavy atom. The highest BCUT2D eigenvalue weighted by Gasteiger charge is 2.43. The minimum atomic E-state index is -0.243. The molecule has 3 heteroatoms. The van der Waals surface area contributed by atoms with Crippen LogP contribution in [0.4, 0.5) is 0 Å². The van der Waals surface area contributed by atoms with Crippen LogP contribution in [0.1, 0.15) is 65.2 Å². The molecule has 1 heterocycles. The third-order valence-electron chi connectivity index (χ3n) is 4.71. The number of hydrogen-bond acceptors (Lipinski definition) is 2. The fraction of sp³-hybridized carbons (Fsp3) is 0.933. The van der Waals surface area contributed by atoms with E-state index in [0.29, 0.717) is 6.04 Å². The van der Waals surface area contributed by atoms with Gasteiger partial charge in [0.15, 0.2) is 0 Å². The zero-order valence-corrected chi connectivity index (χ0v) is 12.0. The summed E-state index contributed by atoms with van der Waals surface area (Å²) >= 11 is 0. The summed E-state index contributed by atoms with van der Waals surface area (Å²) in [6, 6.07) is 0.437. The number of carbonyl (C=O) groups is 1. The molecule has 1 amide bonds. The Bertz CT molecular complexity index is 286. The van der Waals surface area contributed by atoms with Crippen molar-refractivity contribution < 1.29 is 4.79 Å². The Morgan fingerprint density at radius 3 is 2.67 bits per heavy atom. The van der Waals surface area contributed by atoms with E-state index < -0.39 is 0 Å². The largest absolute Gasteiger partial charge is 0.352 e. The van der Waals surface area contributed by atoms with Gasteiger partial charge in [0, 0.05) is 6.04 Å². The van der Waals surface area contributed by atoms with Gasteiger partial charge in [0.05, 0.1) is 5.54 Å². The molecule has 0 radical (unpaired) electrons. The van der Waals surface area contributed by atoms with Gasteiger partial charge in [0.2, 0.25) is 5.91 Å². The minimum Gasteiger partial charge on any atom is -0.352 e. The quantitative estimate of drug-likeness (QED) is 0.834. The fourth-order valence-corrected chi connectivity index (χ4v) is 3.49. The lowest BCUT2D eigenvalue weighted by atomic mass is 9.92. The highest BCUT2D eigenvalue weighted by molar-refractivity contribution is 5.86. The van der Waals surface area contributed by atoms with Crippen molar-refractivity contribution in [3.63, 3.8) is 0 Å². The summed E-state index contributed by atoms with van der Waals surface area (Å²) in [4.78, 5) is 14.9. The Kier molecular flexibility index (Phi) is 4.66. The summed E-state index contributed by atoms with van der Waals surface area (Å²) in [6.45, 7) is 6.46. The molecule has 0 bridgehead atoms. The van der Waals surface area contributed by atoms with Crippen molar-refractivity contribution in [2.75, 3.05) is 13.1 Å². The van der Waals surface area contributed by atoms with Crippen molar-refractivity contribution in [3.8, 4) is 0 Å². The van der Waals surface area contributed by atoms with E-state index in [-0.39, 0.29) is 11.4 Å². The van der Waals surface area contributed by atoms with E-state index in [4.69, 9.17) is 0 Å². The van der Waals surface area contributed by atoms with Crippen molar-refractivity contribution in [2.24, 2.45) is 0 Å². The molecule has 104 valence electrons. The molecular formula is C15H28N2O. The zero-order valence-electron chi connectivity index (χ0n) is 12.0. The summed E-state index contributed by atoms with van der Waals surface area (Å²) in [5, 5.41) is 3.31. The van der Waals surface area contributed by atoms with Gasteiger partial charge >= 0.3 is 0 Å². The van der Waals surface area contributed by atoms with Crippen molar-refractivity contribution in [2.45, 2.75) is 76.8 Å². The van der Waals surface area contributed by atoms with Gasteiger partial charge < -0.3 is 5.32 Å². The van der Waals surface area contributed by atoms with Crippen LogP contribution >= 0.6 is 0 Å². The lowest BCUT2D eigenvalue weighted by Gasteiger charge is -2.35. The topological polar surface area (TPSA) is 32.3 Å². The van der Waals surface area contributed by atoms with E-state index in [0.717, 1.165) is 32.4 Å². The normalized spacial score (nSPS) is 30.6. The SMILES string of the molecule is CCCN1CCCC1(C)C(=O)NC1CCCCC1. The molecule has 3 nitrogen and oxygen atoms in total. The van der Waals surface area contributed by atoms with Gasteiger partial charge in [-0.05, 0) is 52.1 Å². The predicted octanol–water partition coefficient (Wildman–Crippen LogP) is 2.70. The van der Waals surface area contributed by atoms with E-state index >= 15 is 0 Å². The van der Waals surface area contributed by atoms with E-state index in [1.165, 1.54) is 32.1 Å². The molecule has 1 atom stereocenters. The van der Waals surface area contributed by atoms with E-state index in [9.17, 15) is 4.79 Å². The van der Waals surface area contributed by atoms with Crippen molar-refractivity contribution in [3.05, 3.63) is 0 Å². The molecule has 1 aliphatic heterocycles. The Hall–Kier alpha value is -0.570. The number of likely N-dealkylation sites (tertiary alicyclic amines) is 1. The standard InChI is InChI=1S/C15H28N2O/c1-3-11-17-12-7-10-15(17,2)14(18)16-13-8-5-4-6-9-13/h13H,3-12H2,1-2H3,(H,16,18). The summed E-state index contributed by atoms with van der Waals surface area (Å²) in [6.07, 6.45) is 9.56. The number of hydrogen-bond donors (Lipinski definition) is 1. The van der Waals surface area contributed by atoms with Crippen LogP contribution in [-0.4, -0.2) is 35.5 Å². The molecule has 1 aliphatic carbocycles. The molecule has 0 aromatic carbocycles. The first-order chi connectivity index (χ1) is 8.66. The van der Waals surface area contributed by atoms with Crippen LogP contribution in [0.25, 0.3) is 0 Å². The molecule has 1 saturated carbocycles. The van der Waals surface area contributed by atoms with E-state index in [1.54, 1.807) is 0 Å². The smallest absolute Gasteiger partial charge is 0.240 e. The predicted molar refractivity (Wildman–Crippen MR) is 74.5 cm³/mol. The van der Waals surface area contributed by atoms with Gasteiger partial charge in [0.1, 0.15) is 0 Å². The molecule has 1 unspecified atom stereocenters. The van der Waals surface area contributed by atoms with Crippen LogP contribution in [0, 0.1) is 0 Å². The van der Waals surface area contributed by atoms with Gasteiger partial charge in [-0.15, -0.1) is 0 Å².